The molecule has 0 bridgehead atoms. The van der Waals surface area contributed by atoms with Crippen molar-refractivity contribution in [1.29, 1.82) is 0 Å². The van der Waals surface area contributed by atoms with Crippen LogP contribution in [0.5, 0.6) is 0 Å². The van der Waals surface area contributed by atoms with E-state index in [1.807, 2.05) is 81.6 Å². The molecule has 2 fully saturated rings. The lowest BCUT2D eigenvalue weighted by atomic mass is 10.0. The van der Waals surface area contributed by atoms with Crippen molar-refractivity contribution in [3.8, 4) is 0 Å². The summed E-state index contributed by atoms with van der Waals surface area (Å²) in [6.07, 6.45) is 3.96. The largest absolute Gasteiger partial charge is 0.367 e. The standard InChI is InChI=1S/C34H37N7O3/c1-38-26-11-5-6-12-27(26)41-31-25(30(42)29(33(38)41)32(43)35-17-22-39-18-7-8-19-39)13-14-28(37-31)36-24-15-20-40(21-16-24)34(44)23-9-3-2-4-10-23/h2-6,9-14,24H,7-8,15-22H2,1H3,(H,35,43)(H,36,37). The Bertz CT molecular complexity index is 1920. The highest BCUT2D eigenvalue weighted by atomic mass is 16.2. The molecule has 2 N–H and O–H groups in total. The van der Waals surface area contributed by atoms with Crippen LogP contribution in [0, 0.1) is 0 Å². The number of carbonyl (C=O) groups is 2. The first kappa shape index (κ1) is 28.1. The van der Waals surface area contributed by atoms with Crippen molar-refractivity contribution in [2.45, 2.75) is 31.7 Å². The number of carbonyl (C=O) groups excluding carboxylic acids is 2. The quantitative estimate of drug-likeness (QED) is 0.298. The van der Waals surface area contributed by atoms with Crippen molar-refractivity contribution in [3.05, 3.63) is 88.1 Å². The van der Waals surface area contributed by atoms with Gasteiger partial charge in [-0.2, -0.15) is 0 Å². The van der Waals surface area contributed by atoms with Crippen molar-refractivity contribution < 1.29 is 9.59 Å². The number of amides is 2. The van der Waals surface area contributed by atoms with Gasteiger partial charge in [-0.05, 0) is 75.2 Å². The third-order valence-electron chi connectivity index (χ3n) is 9.09. The van der Waals surface area contributed by atoms with Crippen LogP contribution < -0.4 is 16.1 Å². The predicted molar refractivity (Wildman–Crippen MR) is 172 cm³/mol. The predicted octanol–water partition coefficient (Wildman–Crippen LogP) is 3.88. The second kappa shape index (κ2) is 11.8. The number of imidazole rings is 1. The van der Waals surface area contributed by atoms with Crippen molar-refractivity contribution in [1.82, 2.24) is 29.1 Å². The molecule has 44 heavy (non-hydrogen) atoms. The molecule has 10 heteroatoms. The van der Waals surface area contributed by atoms with Gasteiger partial charge in [-0.1, -0.05) is 30.3 Å². The lowest BCUT2D eigenvalue weighted by Crippen LogP contribution is -2.42. The molecule has 0 saturated carbocycles. The molecular formula is C34H37N7O3. The molecule has 5 aromatic rings. The zero-order chi connectivity index (χ0) is 30.2. The summed E-state index contributed by atoms with van der Waals surface area (Å²) in [4.78, 5) is 49.7. The van der Waals surface area contributed by atoms with E-state index in [-0.39, 0.29) is 28.8 Å². The van der Waals surface area contributed by atoms with Crippen LogP contribution in [0.25, 0.3) is 27.7 Å². The number of piperidine rings is 1. The van der Waals surface area contributed by atoms with Gasteiger partial charge in [0.2, 0.25) is 5.43 Å². The number of anilines is 1. The summed E-state index contributed by atoms with van der Waals surface area (Å²) in [6, 6.07) is 21.0. The van der Waals surface area contributed by atoms with Gasteiger partial charge in [0, 0.05) is 44.8 Å². The Labute approximate surface area is 255 Å². The van der Waals surface area contributed by atoms with Gasteiger partial charge < -0.3 is 25.0 Å². The maximum atomic E-state index is 14.0. The highest BCUT2D eigenvalue weighted by Gasteiger charge is 2.26. The molecule has 0 unspecified atom stereocenters. The normalized spacial score (nSPS) is 16.2. The number of hydrogen-bond acceptors (Lipinski definition) is 6. The SMILES string of the molecule is Cn1c2ccccc2n2c3nc(NC4CCN(C(=O)c5ccccc5)CC4)ccc3c(=O)c(C(=O)NCCN3CCCC3)c12. The van der Waals surface area contributed by atoms with Crippen LogP contribution in [0.1, 0.15) is 46.4 Å². The number of fused-ring (bicyclic) bond motifs is 5. The maximum absolute atomic E-state index is 14.0. The number of nitrogens with zero attached hydrogens (tertiary/aromatic N) is 5. The summed E-state index contributed by atoms with van der Waals surface area (Å²) >= 11 is 0. The van der Waals surface area contributed by atoms with E-state index in [0.29, 0.717) is 47.7 Å². The fourth-order valence-electron chi connectivity index (χ4n) is 6.75. The first-order valence-corrected chi connectivity index (χ1v) is 15.5. The summed E-state index contributed by atoms with van der Waals surface area (Å²) < 4.78 is 3.85. The number of aromatic nitrogens is 3. The lowest BCUT2D eigenvalue weighted by molar-refractivity contribution is 0.0718. The first-order valence-electron chi connectivity index (χ1n) is 15.5. The van der Waals surface area contributed by atoms with E-state index in [4.69, 9.17) is 4.98 Å². The zero-order valence-corrected chi connectivity index (χ0v) is 25.0. The number of benzene rings is 2. The molecule has 2 aliphatic heterocycles. The van der Waals surface area contributed by atoms with E-state index in [0.717, 1.165) is 43.5 Å². The minimum absolute atomic E-state index is 0.0569. The summed E-state index contributed by atoms with van der Waals surface area (Å²) in [6.45, 7) is 4.67. The van der Waals surface area contributed by atoms with Gasteiger partial charge >= 0.3 is 0 Å². The van der Waals surface area contributed by atoms with E-state index < -0.39 is 0 Å². The molecule has 2 aromatic carbocycles. The van der Waals surface area contributed by atoms with E-state index >= 15 is 0 Å². The van der Waals surface area contributed by atoms with E-state index in [1.165, 1.54) is 12.8 Å². The van der Waals surface area contributed by atoms with Gasteiger partial charge in [-0.15, -0.1) is 0 Å². The molecule has 226 valence electrons. The Morgan fingerprint density at radius 2 is 1.59 bits per heavy atom. The molecule has 0 spiro atoms. The Kier molecular flexibility index (Phi) is 7.51. The Balaban J connectivity index is 1.19. The summed E-state index contributed by atoms with van der Waals surface area (Å²) in [5, 5.41) is 6.96. The van der Waals surface area contributed by atoms with Crippen molar-refractivity contribution in [3.63, 3.8) is 0 Å². The van der Waals surface area contributed by atoms with E-state index in [1.54, 1.807) is 6.07 Å². The zero-order valence-electron chi connectivity index (χ0n) is 25.0. The number of rotatable bonds is 7. The van der Waals surface area contributed by atoms with Crippen LogP contribution in [0.4, 0.5) is 5.82 Å². The number of hydrogen-bond donors (Lipinski definition) is 2. The van der Waals surface area contributed by atoms with Crippen LogP contribution in [0.2, 0.25) is 0 Å². The van der Waals surface area contributed by atoms with Gasteiger partial charge in [0.25, 0.3) is 11.8 Å². The fraction of sp³-hybridized carbons (Fsp3) is 0.353. The Morgan fingerprint density at radius 1 is 0.886 bits per heavy atom. The van der Waals surface area contributed by atoms with Crippen LogP contribution >= 0.6 is 0 Å². The number of nitrogens with one attached hydrogen (secondary N) is 2. The highest BCUT2D eigenvalue weighted by molar-refractivity contribution is 6.06. The highest BCUT2D eigenvalue weighted by Crippen LogP contribution is 2.27. The second-order valence-corrected chi connectivity index (χ2v) is 11.9. The van der Waals surface area contributed by atoms with Gasteiger partial charge in [0.15, 0.2) is 5.65 Å². The number of para-hydroxylation sites is 2. The van der Waals surface area contributed by atoms with Gasteiger partial charge in [-0.25, -0.2) is 4.98 Å². The van der Waals surface area contributed by atoms with Crippen LogP contribution in [0.15, 0.2) is 71.5 Å². The minimum Gasteiger partial charge on any atom is -0.367 e. The maximum Gasteiger partial charge on any atom is 0.259 e. The molecule has 0 radical (unpaired) electrons. The molecule has 0 atom stereocenters. The molecule has 2 aliphatic rings. The monoisotopic (exact) mass is 591 g/mol. The van der Waals surface area contributed by atoms with Crippen molar-refractivity contribution in [2.24, 2.45) is 7.05 Å². The van der Waals surface area contributed by atoms with E-state index in [9.17, 15) is 14.4 Å². The average molecular weight is 592 g/mol. The van der Waals surface area contributed by atoms with Crippen LogP contribution in [-0.2, 0) is 7.05 Å². The van der Waals surface area contributed by atoms with Crippen LogP contribution in [0.3, 0.4) is 0 Å². The number of pyridine rings is 2. The van der Waals surface area contributed by atoms with E-state index in [2.05, 4.69) is 15.5 Å². The third-order valence-corrected chi connectivity index (χ3v) is 9.09. The number of aryl methyl sites for hydroxylation is 1. The molecular weight excluding hydrogens is 554 g/mol. The van der Waals surface area contributed by atoms with Crippen molar-refractivity contribution >= 4 is 45.3 Å². The summed E-state index contributed by atoms with van der Waals surface area (Å²) in [7, 11) is 1.89. The molecule has 7 rings (SSSR count). The molecule has 2 saturated heterocycles. The summed E-state index contributed by atoms with van der Waals surface area (Å²) in [5.41, 5.74) is 3.34. The van der Waals surface area contributed by atoms with Crippen LogP contribution in [-0.4, -0.2) is 80.9 Å². The second-order valence-electron chi connectivity index (χ2n) is 11.9. The molecule has 10 nitrogen and oxygen atoms in total. The fourth-order valence-corrected chi connectivity index (χ4v) is 6.75. The molecule has 5 heterocycles. The summed E-state index contributed by atoms with van der Waals surface area (Å²) in [5.74, 6) is 0.356. The minimum atomic E-state index is -0.362. The average Bonchev–Trinajstić information content (AvgIpc) is 3.68. The topological polar surface area (TPSA) is 104 Å². The lowest BCUT2D eigenvalue weighted by Gasteiger charge is -2.32. The first-order chi connectivity index (χ1) is 21.5. The Morgan fingerprint density at radius 3 is 2.34 bits per heavy atom. The molecule has 0 aliphatic carbocycles. The Hall–Kier alpha value is -4.70. The third kappa shape index (κ3) is 5.09. The molecule has 3 aromatic heterocycles. The van der Waals surface area contributed by atoms with Gasteiger partial charge in [0.1, 0.15) is 17.0 Å². The smallest absolute Gasteiger partial charge is 0.259 e. The van der Waals surface area contributed by atoms with Crippen molar-refractivity contribution in [2.75, 3.05) is 44.6 Å². The molecule has 2 amide bonds. The number of likely N-dealkylation sites (tertiary alicyclic amines) is 2. The van der Waals surface area contributed by atoms with Gasteiger partial charge in [-0.3, -0.25) is 18.8 Å². The van der Waals surface area contributed by atoms with Gasteiger partial charge in [0.05, 0.1) is 16.4 Å².